The van der Waals surface area contributed by atoms with Crippen molar-refractivity contribution in [3.05, 3.63) is 88.6 Å². The van der Waals surface area contributed by atoms with Gasteiger partial charge in [0.05, 0.1) is 36.9 Å². The number of benzene rings is 3. The van der Waals surface area contributed by atoms with Crippen LogP contribution in [-0.4, -0.2) is 29.7 Å². The highest BCUT2D eigenvalue weighted by molar-refractivity contribution is 6.07. The number of para-hydroxylation sites is 2. The maximum Gasteiger partial charge on any atom is 0.255 e. The van der Waals surface area contributed by atoms with Gasteiger partial charge < -0.3 is 20.1 Å². The number of imidazole rings is 1. The summed E-state index contributed by atoms with van der Waals surface area (Å²) in [5, 5.41) is 6.49. The van der Waals surface area contributed by atoms with E-state index in [2.05, 4.69) is 21.3 Å². The van der Waals surface area contributed by atoms with Gasteiger partial charge in [-0.3, -0.25) is 9.36 Å². The van der Waals surface area contributed by atoms with Crippen molar-refractivity contribution in [3.8, 4) is 11.5 Å². The third kappa shape index (κ3) is 3.89. The van der Waals surface area contributed by atoms with Gasteiger partial charge in [-0.2, -0.15) is 0 Å². The fourth-order valence-corrected chi connectivity index (χ4v) is 4.75. The average molecular weight is 469 g/mol. The predicted molar refractivity (Wildman–Crippen MR) is 138 cm³/mol. The van der Waals surface area contributed by atoms with Crippen molar-refractivity contribution in [1.82, 2.24) is 9.55 Å². The van der Waals surface area contributed by atoms with Crippen LogP contribution in [0.5, 0.6) is 11.5 Å². The molecule has 0 saturated heterocycles. The predicted octanol–water partition coefficient (Wildman–Crippen LogP) is 5.60. The van der Waals surface area contributed by atoms with Crippen LogP contribution in [0.1, 0.15) is 29.7 Å². The number of rotatable bonds is 5. The first-order valence-corrected chi connectivity index (χ1v) is 11.5. The molecule has 0 unspecified atom stereocenters. The van der Waals surface area contributed by atoms with Crippen molar-refractivity contribution in [2.75, 3.05) is 24.9 Å². The van der Waals surface area contributed by atoms with E-state index in [0.29, 0.717) is 23.0 Å². The highest BCUT2D eigenvalue weighted by atomic mass is 16.5. The number of methoxy groups -OCH3 is 2. The lowest BCUT2D eigenvalue weighted by molar-refractivity contribution is -0.113. The molecule has 0 saturated carbocycles. The quantitative estimate of drug-likeness (QED) is 0.399. The van der Waals surface area contributed by atoms with E-state index in [0.717, 1.165) is 39.1 Å². The summed E-state index contributed by atoms with van der Waals surface area (Å²) in [5.74, 6) is 1.81. The van der Waals surface area contributed by atoms with Gasteiger partial charge in [-0.05, 0) is 62.7 Å². The lowest BCUT2D eigenvalue weighted by Gasteiger charge is -2.31. The summed E-state index contributed by atoms with van der Waals surface area (Å²) in [6, 6.07) is 19.0. The first kappa shape index (κ1) is 22.5. The Hall–Kier alpha value is -4.26. The van der Waals surface area contributed by atoms with E-state index in [9.17, 15) is 4.79 Å². The van der Waals surface area contributed by atoms with E-state index in [1.807, 2.05) is 75.4 Å². The van der Waals surface area contributed by atoms with Gasteiger partial charge in [-0.25, -0.2) is 4.98 Å². The second-order valence-electron chi connectivity index (χ2n) is 8.74. The summed E-state index contributed by atoms with van der Waals surface area (Å²) in [4.78, 5) is 18.7. The van der Waals surface area contributed by atoms with Crippen LogP contribution >= 0.6 is 0 Å². The van der Waals surface area contributed by atoms with Crippen LogP contribution in [0, 0.1) is 13.8 Å². The van der Waals surface area contributed by atoms with Crippen LogP contribution in [0.3, 0.4) is 0 Å². The molecule has 1 aliphatic rings. The second kappa shape index (κ2) is 8.83. The van der Waals surface area contributed by atoms with Crippen LogP contribution in [0.15, 0.2) is 71.9 Å². The van der Waals surface area contributed by atoms with Crippen molar-refractivity contribution >= 4 is 28.6 Å². The van der Waals surface area contributed by atoms with Crippen LogP contribution in [0.4, 0.5) is 11.6 Å². The van der Waals surface area contributed by atoms with E-state index >= 15 is 0 Å². The zero-order valence-corrected chi connectivity index (χ0v) is 20.5. The number of allylic oxidation sites excluding steroid dienone is 1. The summed E-state index contributed by atoms with van der Waals surface area (Å²) < 4.78 is 13.3. The number of nitrogens with one attached hydrogen (secondary N) is 2. The number of aromatic nitrogens is 2. The minimum atomic E-state index is -0.491. The van der Waals surface area contributed by atoms with Crippen LogP contribution in [-0.2, 0) is 4.79 Å². The Kier molecular flexibility index (Phi) is 5.68. The number of aryl methyl sites for hydroxylation is 2. The average Bonchev–Trinajstić information content (AvgIpc) is 3.22. The van der Waals surface area contributed by atoms with Crippen LogP contribution in [0.25, 0.3) is 11.0 Å². The first-order chi connectivity index (χ1) is 16.9. The molecule has 1 aliphatic heterocycles. The molecule has 0 radical (unpaired) electrons. The Morgan fingerprint density at radius 2 is 1.80 bits per heavy atom. The lowest BCUT2D eigenvalue weighted by atomic mass is 9.93. The highest BCUT2D eigenvalue weighted by Crippen LogP contribution is 2.43. The molecule has 0 bridgehead atoms. The van der Waals surface area contributed by atoms with E-state index in [1.165, 1.54) is 0 Å². The standard InChI is InChI=1S/C28H28N4O3/c1-16-10-12-21(17(2)14-16)30-27(33)25-18(3)29-28-31-22-8-6-7-9-23(22)32(28)26(25)20-15-19(34-4)11-13-24(20)35-5/h6-15,26H,1-5H3,(H,29,31)(H,30,33)/t26-/m1/s1. The van der Waals surface area contributed by atoms with Gasteiger partial charge in [0.15, 0.2) is 0 Å². The van der Waals surface area contributed by atoms with Crippen molar-refractivity contribution in [2.24, 2.45) is 0 Å². The van der Waals surface area contributed by atoms with Gasteiger partial charge in [-0.15, -0.1) is 0 Å². The fraction of sp³-hybridized carbons (Fsp3) is 0.214. The molecular formula is C28H28N4O3. The summed E-state index contributed by atoms with van der Waals surface area (Å²) in [6.07, 6.45) is 0. The number of ether oxygens (including phenoxy) is 2. The molecule has 7 nitrogen and oxygen atoms in total. The zero-order chi connectivity index (χ0) is 24.7. The largest absolute Gasteiger partial charge is 0.497 e. The monoisotopic (exact) mass is 468 g/mol. The second-order valence-corrected chi connectivity index (χ2v) is 8.74. The molecule has 2 heterocycles. The third-order valence-electron chi connectivity index (χ3n) is 6.44. The molecule has 1 atom stereocenters. The van der Waals surface area contributed by atoms with Crippen molar-refractivity contribution < 1.29 is 14.3 Å². The normalized spacial score (nSPS) is 14.9. The lowest BCUT2D eigenvalue weighted by Crippen LogP contribution is -2.31. The molecule has 1 amide bonds. The van der Waals surface area contributed by atoms with Crippen LogP contribution < -0.4 is 20.1 Å². The summed E-state index contributed by atoms with van der Waals surface area (Å²) >= 11 is 0. The maximum absolute atomic E-state index is 13.9. The Morgan fingerprint density at radius 3 is 2.54 bits per heavy atom. The van der Waals surface area contributed by atoms with Crippen LogP contribution in [0.2, 0.25) is 0 Å². The van der Waals surface area contributed by atoms with Crippen molar-refractivity contribution in [3.63, 3.8) is 0 Å². The molecule has 3 aromatic carbocycles. The SMILES string of the molecule is COc1ccc(OC)c([C@@H]2C(C(=O)Nc3ccc(C)cc3C)=C(C)Nc3nc4ccccc4n32)c1. The van der Waals surface area contributed by atoms with E-state index in [4.69, 9.17) is 14.5 Å². The molecule has 5 rings (SSSR count). The van der Waals surface area contributed by atoms with Gasteiger partial charge in [0, 0.05) is 16.9 Å². The zero-order valence-electron chi connectivity index (χ0n) is 20.5. The fourth-order valence-electron chi connectivity index (χ4n) is 4.75. The molecule has 4 aromatic rings. The van der Waals surface area contributed by atoms with E-state index in [1.54, 1.807) is 14.2 Å². The number of nitrogens with zero attached hydrogens (tertiary/aromatic N) is 2. The Bertz CT molecular complexity index is 1490. The molecule has 0 spiro atoms. The number of hydrogen-bond acceptors (Lipinski definition) is 5. The third-order valence-corrected chi connectivity index (χ3v) is 6.44. The maximum atomic E-state index is 13.9. The molecule has 178 valence electrons. The highest BCUT2D eigenvalue weighted by Gasteiger charge is 2.36. The number of hydrogen-bond donors (Lipinski definition) is 2. The smallest absolute Gasteiger partial charge is 0.255 e. The van der Waals surface area contributed by atoms with Gasteiger partial charge in [-0.1, -0.05) is 29.8 Å². The van der Waals surface area contributed by atoms with Crippen molar-refractivity contribution in [1.29, 1.82) is 0 Å². The van der Waals surface area contributed by atoms with E-state index < -0.39 is 6.04 Å². The molecule has 35 heavy (non-hydrogen) atoms. The summed E-state index contributed by atoms with van der Waals surface area (Å²) in [6.45, 7) is 5.93. The minimum absolute atomic E-state index is 0.194. The number of anilines is 2. The van der Waals surface area contributed by atoms with Gasteiger partial charge in [0.1, 0.15) is 11.5 Å². The number of amides is 1. The molecule has 2 N–H and O–H groups in total. The minimum Gasteiger partial charge on any atom is -0.497 e. The first-order valence-electron chi connectivity index (χ1n) is 11.5. The van der Waals surface area contributed by atoms with Gasteiger partial charge >= 0.3 is 0 Å². The summed E-state index contributed by atoms with van der Waals surface area (Å²) in [5.41, 5.74) is 6.78. The number of carbonyl (C=O) groups is 1. The molecule has 0 fully saturated rings. The Balaban J connectivity index is 1.71. The molecule has 7 heteroatoms. The van der Waals surface area contributed by atoms with Gasteiger partial charge in [0.25, 0.3) is 5.91 Å². The van der Waals surface area contributed by atoms with Gasteiger partial charge in [0.2, 0.25) is 5.95 Å². The summed E-state index contributed by atoms with van der Waals surface area (Å²) in [7, 11) is 3.26. The Morgan fingerprint density at radius 1 is 1.00 bits per heavy atom. The van der Waals surface area contributed by atoms with Crippen molar-refractivity contribution in [2.45, 2.75) is 26.8 Å². The number of fused-ring (bicyclic) bond motifs is 3. The molecule has 1 aromatic heterocycles. The van der Waals surface area contributed by atoms with E-state index in [-0.39, 0.29) is 5.91 Å². The molecular weight excluding hydrogens is 440 g/mol. The Labute approximate surface area is 204 Å². The topological polar surface area (TPSA) is 77.4 Å². The molecule has 0 aliphatic carbocycles. The number of carbonyl (C=O) groups excluding carboxylic acids is 1.